The summed E-state index contributed by atoms with van der Waals surface area (Å²) in [7, 11) is 0. The van der Waals surface area contributed by atoms with Gasteiger partial charge in [-0.1, -0.05) is 19.1 Å². The van der Waals surface area contributed by atoms with Gasteiger partial charge in [0, 0.05) is 12.8 Å². The van der Waals surface area contributed by atoms with Crippen LogP contribution in [-0.2, 0) is 9.47 Å². The van der Waals surface area contributed by atoms with Gasteiger partial charge in [-0.3, -0.25) is 0 Å². The van der Waals surface area contributed by atoms with Crippen LogP contribution in [0.2, 0.25) is 0 Å². The molecule has 0 aromatic carbocycles. The lowest BCUT2D eigenvalue weighted by atomic mass is 9.98. The van der Waals surface area contributed by atoms with Gasteiger partial charge in [0.05, 0.1) is 19.3 Å². The second kappa shape index (κ2) is 3.65. The number of hydrogen-bond donors (Lipinski definition) is 1. The molecular formula is C11H18O3. The van der Waals surface area contributed by atoms with Crippen molar-refractivity contribution in [2.45, 2.75) is 38.1 Å². The molecule has 0 aromatic heterocycles. The molecule has 3 nitrogen and oxygen atoms in total. The Morgan fingerprint density at radius 2 is 2.07 bits per heavy atom. The summed E-state index contributed by atoms with van der Waals surface area (Å²) in [6.45, 7) is 7.32. The summed E-state index contributed by atoms with van der Waals surface area (Å²) in [4.78, 5) is 0. The second-order valence-corrected chi connectivity index (χ2v) is 4.49. The molecule has 1 saturated carbocycles. The van der Waals surface area contributed by atoms with E-state index in [0.29, 0.717) is 19.6 Å². The molecule has 2 fully saturated rings. The predicted molar refractivity (Wildman–Crippen MR) is 52.8 cm³/mol. The molecule has 2 rings (SSSR count). The molecule has 14 heavy (non-hydrogen) atoms. The number of aliphatic hydroxyl groups excluding tert-OH is 1. The zero-order chi connectivity index (χ0) is 10.2. The van der Waals surface area contributed by atoms with Crippen molar-refractivity contribution < 1.29 is 14.6 Å². The van der Waals surface area contributed by atoms with Crippen molar-refractivity contribution in [1.82, 2.24) is 0 Å². The third-order valence-corrected chi connectivity index (χ3v) is 3.12. The van der Waals surface area contributed by atoms with E-state index in [4.69, 9.17) is 9.47 Å². The van der Waals surface area contributed by atoms with Crippen LogP contribution in [0.15, 0.2) is 12.2 Å². The highest BCUT2D eigenvalue weighted by atomic mass is 16.7. The zero-order valence-electron chi connectivity index (χ0n) is 8.66. The van der Waals surface area contributed by atoms with Crippen molar-refractivity contribution in [2.24, 2.45) is 5.92 Å². The van der Waals surface area contributed by atoms with Gasteiger partial charge in [0.1, 0.15) is 0 Å². The Hall–Kier alpha value is -0.380. The summed E-state index contributed by atoms with van der Waals surface area (Å²) < 4.78 is 11.2. The summed E-state index contributed by atoms with van der Waals surface area (Å²) in [5.74, 6) is -0.309. The summed E-state index contributed by atoms with van der Waals surface area (Å²) in [5, 5.41) is 9.90. The van der Waals surface area contributed by atoms with Crippen molar-refractivity contribution >= 4 is 0 Å². The van der Waals surface area contributed by atoms with Gasteiger partial charge in [0.25, 0.3) is 0 Å². The van der Waals surface area contributed by atoms with Gasteiger partial charge in [-0.2, -0.15) is 0 Å². The average Bonchev–Trinajstić information content (AvgIpc) is 2.48. The maximum atomic E-state index is 9.90. The summed E-state index contributed by atoms with van der Waals surface area (Å²) in [6.07, 6.45) is 1.84. The molecule has 2 unspecified atom stereocenters. The van der Waals surface area contributed by atoms with Crippen molar-refractivity contribution in [1.29, 1.82) is 0 Å². The van der Waals surface area contributed by atoms with Crippen LogP contribution in [0.3, 0.4) is 0 Å². The Bertz CT molecular complexity index is 231. The topological polar surface area (TPSA) is 38.7 Å². The van der Waals surface area contributed by atoms with E-state index in [9.17, 15) is 5.11 Å². The lowest BCUT2D eigenvalue weighted by Gasteiger charge is -2.27. The first-order chi connectivity index (χ1) is 6.61. The minimum absolute atomic E-state index is 0.259. The van der Waals surface area contributed by atoms with Gasteiger partial charge in [-0.15, -0.1) is 0 Å². The standard InChI is InChI=1S/C11H18O3/c1-8-5-9(2)10(12)7-11(6-8)13-3-4-14-11/h9-10,12H,1,3-7H2,2H3. The summed E-state index contributed by atoms with van der Waals surface area (Å²) >= 11 is 0. The Labute approximate surface area is 84.7 Å². The molecule has 2 aliphatic rings. The first-order valence-electron chi connectivity index (χ1n) is 5.24. The van der Waals surface area contributed by atoms with Crippen LogP contribution >= 0.6 is 0 Å². The van der Waals surface area contributed by atoms with Crippen LogP contribution in [0, 0.1) is 5.92 Å². The number of aliphatic hydroxyl groups is 1. The van der Waals surface area contributed by atoms with Crippen LogP contribution in [0.5, 0.6) is 0 Å². The van der Waals surface area contributed by atoms with E-state index in [-0.39, 0.29) is 12.0 Å². The monoisotopic (exact) mass is 198 g/mol. The quantitative estimate of drug-likeness (QED) is 0.599. The molecule has 1 aliphatic heterocycles. The molecule has 0 radical (unpaired) electrons. The van der Waals surface area contributed by atoms with Gasteiger partial charge in [0.15, 0.2) is 5.79 Å². The third-order valence-electron chi connectivity index (χ3n) is 3.12. The van der Waals surface area contributed by atoms with Gasteiger partial charge >= 0.3 is 0 Å². The molecule has 1 N–H and O–H groups in total. The Balaban J connectivity index is 2.15. The van der Waals surface area contributed by atoms with Gasteiger partial charge in [0.2, 0.25) is 0 Å². The van der Waals surface area contributed by atoms with Crippen molar-refractivity contribution in [2.75, 3.05) is 13.2 Å². The van der Waals surface area contributed by atoms with E-state index in [1.807, 2.05) is 6.92 Å². The lowest BCUT2D eigenvalue weighted by Crippen LogP contribution is -2.34. The highest BCUT2D eigenvalue weighted by molar-refractivity contribution is 5.05. The van der Waals surface area contributed by atoms with Crippen molar-refractivity contribution in [3.8, 4) is 0 Å². The van der Waals surface area contributed by atoms with Crippen LogP contribution < -0.4 is 0 Å². The van der Waals surface area contributed by atoms with Crippen molar-refractivity contribution in [3.05, 3.63) is 12.2 Å². The SMILES string of the molecule is C=C1CC(C)C(O)CC2(C1)OCCO2. The van der Waals surface area contributed by atoms with E-state index >= 15 is 0 Å². The molecule has 0 amide bonds. The van der Waals surface area contributed by atoms with Gasteiger partial charge in [-0.05, 0) is 12.3 Å². The third kappa shape index (κ3) is 1.85. The molecule has 1 heterocycles. The molecule has 0 bridgehead atoms. The molecule has 2 atom stereocenters. The Morgan fingerprint density at radius 3 is 2.71 bits per heavy atom. The van der Waals surface area contributed by atoms with E-state index in [1.165, 1.54) is 0 Å². The fraction of sp³-hybridized carbons (Fsp3) is 0.818. The zero-order valence-corrected chi connectivity index (χ0v) is 8.66. The van der Waals surface area contributed by atoms with Crippen molar-refractivity contribution in [3.63, 3.8) is 0 Å². The van der Waals surface area contributed by atoms with Crippen LogP contribution in [0.25, 0.3) is 0 Å². The largest absolute Gasteiger partial charge is 0.393 e. The van der Waals surface area contributed by atoms with Gasteiger partial charge < -0.3 is 14.6 Å². The normalized spacial score (nSPS) is 37.4. The number of rotatable bonds is 0. The molecule has 3 heteroatoms. The Kier molecular flexibility index (Phi) is 2.64. The van der Waals surface area contributed by atoms with E-state index in [1.54, 1.807) is 0 Å². The predicted octanol–water partition coefficient (Wildman–Crippen LogP) is 1.47. The second-order valence-electron chi connectivity index (χ2n) is 4.49. The van der Waals surface area contributed by atoms with Gasteiger partial charge in [-0.25, -0.2) is 0 Å². The first kappa shape index (κ1) is 10.1. The average molecular weight is 198 g/mol. The minimum Gasteiger partial charge on any atom is -0.393 e. The maximum Gasteiger partial charge on any atom is 0.174 e. The minimum atomic E-state index is -0.568. The Morgan fingerprint density at radius 1 is 1.43 bits per heavy atom. The smallest absolute Gasteiger partial charge is 0.174 e. The summed E-state index contributed by atoms with van der Waals surface area (Å²) in [6, 6.07) is 0. The first-order valence-corrected chi connectivity index (χ1v) is 5.24. The maximum absolute atomic E-state index is 9.90. The molecule has 1 saturated heterocycles. The lowest BCUT2D eigenvalue weighted by molar-refractivity contribution is -0.174. The number of hydrogen-bond acceptors (Lipinski definition) is 3. The fourth-order valence-corrected chi connectivity index (χ4v) is 2.35. The summed E-state index contributed by atoms with van der Waals surface area (Å²) in [5.41, 5.74) is 1.12. The van der Waals surface area contributed by atoms with E-state index < -0.39 is 5.79 Å². The van der Waals surface area contributed by atoms with E-state index in [2.05, 4.69) is 6.58 Å². The molecule has 0 aromatic rings. The highest BCUT2D eigenvalue weighted by Gasteiger charge is 2.42. The van der Waals surface area contributed by atoms with E-state index in [0.717, 1.165) is 18.4 Å². The van der Waals surface area contributed by atoms with Crippen LogP contribution in [-0.4, -0.2) is 30.2 Å². The molecule has 80 valence electrons. The molecular weight excluding hydrogens is 180 g/mol. The number of ether oxygens (including phenoxy) is 2. The highest BCUT2D eigenvalue weighted by Crippen LogP contribution is 2.38. The van der Waals surface area contributed by atoms with Crippen LogP contribution in [0.1, 0.15) is 26.2 Å². The molecule has 1 spiro atoms. The fourth-order valence-electron chi connectivity index (χ4n) is 2.35. The molecule has 1 aliphatic carbocycles. The van der Waals surface area contributed by atoms with Crippen LogP contribution in [0.4, 0.5) is 0 Å².